The number of aryl methyl sites for hydroxylation is 2. The third-order valence-electron chi connectivity index (χ3n) is 3.12. The summed E-state index contributed by atoms with van der Waals surface area (Å²) in [6.45, 7) is 5.91. The zero-order valence-corrected chi connectivity index (χ0v) is 12.1. The van der Waals surface area contributed by atoms with Crippen molar-refractivity contribution in [1.29, 1.82) is 0 Å². The molecule has 0 unspecified atom stereocenters. The third-order valence-corrected chi connectivity index (χ3v) is 3.34. The molecule has 0 amide bonds. The summed E-state index contributed by atoms with van der Waals surface area (Å²) >= 11 is 5.24. The highest BCUT2D eigenvalue weighted by Crippen LogP contribution is 2.17. The molecular weight excluding hydrogens is 260 g/mol. The molecule has 0 bridgehead atoms. The minimum Gasteiger partial charge on any atom is -0.461 e. The van der Waals surface area contributed by atoms with Crippen molar-refractivity contribution in [1.82, 2.24) is 5.32 Å². The number of benzene rings is 1. The van der Waals surface area contributed by atoms with Gasteiger partial charge in [0.25, 0.3) is 0 Å². The summed E-state index contributed by atoms with van der Waals surface area (Å²) in [6, 6.07) is 5.76. The number of hydrogen-bond acceptors (Lipinski definition) is 3. The lowest BCUT2D eigenvalue weighted by Gasteiger charge is -2.15. The van der Waals surface area contributed by atoms with Gasteiger partial charge in [0, 0.05) is 12.1 Å². The first-order chi connectivity index (χ1) is 8.95. The van der Waals surface area contributed by atoms with Gasteiger partial charge in [-0.25, -0.2) is 4.79 Å². The van der Waals surface area contributed by atoms with Crippen LogP contribution in [0.15, 0.2) is 18.2 Å². The normalized spacial score (nSPS) is 21.9. The predicted octanol–water partition coefficient (Wildman–Crippen LogP) is 2.29. The van der Waals surface area contributed by atoms with Crippen LogP contribution in [0.3, 0.4) is 0 Å². The number of esters is 1. The molecule has 2 N–H and O–H groups in total. The molecule has 1 aliphatic heterocycles. The maximum atomic E-state index is 11.5. The van der Waals surface area contributed by atoms with Crippen molar-refractivity contribution in [2.75, 3.05) is 5.32 Å². The monoisotopic (exact) mass is 278 g/mol. The van der Waals surface area contributed by atoms with E-state index in [1.54, 1.807) is 0 Å². The summed E-state index contributed by atoms with van der Waals surface area (Å²) in [5.41, 5.74) is 3.22. The molecule has 5 heteroatoms. The number of carbonyl (C=O) groups is 1. The van der Waals surface area contributed by atoms with Crippen molar-refractivity contribution in [2.24, 2.45) is 0 Å². The SMILES string of the molecule is Cc1ccc(C)c(NC(=S)N[C@@H]2C[C@H](C)OC2=O)c1. The first-order valence-electron chi connectivity index (χ1n) is 6.31. The molecule has 0 saturated carbocycles. The van der Waals surface area contributed by atoms with Crippen molar-refractivity contribution in [3.05, 3.63) is 29.3 Å². The van der Waals surface area contributed by atoms with Gasteiger partial charge in [-0.15, -0.1) is 0 Å². The van der Waals surface area contributed by atoms with E-state index in [9.17, 15) is 4.79 Å². The van der Waals surface area contributed by atoms with E-state index in [1.165, 1.54) is 0 Å². The average molecular weight is 278 g/mol. The van der Waals surface area contributed by atoms with Crippen molar-refractivity contribution < 1.29 is 9.53 Å². The quantitative estimate of drug-likeness (QED) is 0.642. The van der Waals surface area contributed by atoms with Gasteiger partial charge in [0.2, 0.25) is 0 Å². The summed E-state index contributed by atoms with van der Waals surface area (Å²) in [5.74, 6) is -0.238. The molecule has 1 aliphatic rings. The number of cyclic esters (lactones) is 1. The lowest BCUT2D eigenvalue weighted by Crippen LogP contribution is -2.40. The lowest BCUT2D eigenvalue weighted by molar-refractivity contribution is -0.142. The van der Waals surface area contributed by atoms with Crippen LogP contribution in [0.1, 0.15) is 24.5 Å². The molecule has 0 spiro atoms. The number of rotatable bonds is 2. The molecule has 102 valence electrons. The van der Waals surface area contributed by atoms with E-state index in [0.717, 1.165) is 16.8 Å². The minimum atomic E-state index is -0.347. The predicted molar refractivity (Wildman–Crippen MR) is 79.2 cm³/mol. The minimum absolute atomic E-state index is 0.0477. The van der Waals surface area contributed by atoms with Crippen molar-refractivity contribution in [3.8, 4) is 0 Å². The van der Waals surface area contributed by atoms with Gasteiger partial charge in [0.15, 0.2) is 5.11 Å². The van der Waals surface area contributed by atoms with Crippen LogP contribution in [0.4, 0.5) is 5.69 Å². The molecule has 0 radical (unpaired) electrons. The van der Waals surface area contributed by atoms with Crippen LogP contribution in [0.25, 0.3) is 0 Å². The van der Waals surface area contributed by atoms with Crippen LogP contribution in [-0.2, 0) is 9.53 Å². The number of anilines is 1. The molecule has 1 aromatic rings. The van der Waals surface area contributed by atoms with Gasteiger partial charge in [-0.3, -0.25) is 0 Å². The van der Waals surface area contributed by atoms with Crippen LogP contribution >= 0.6 is 12.2 Å². The van der Waals surface area contributed by atoms with Crippen LogP contribution in [0.2, 0.25) is 0 Å². The van der Waals surface area contributed by atoms with Crippen LogP contribution < -0.4 is 10.6 Å². The van der Waals surface area contributed by atoms with Gasteiger partial charge in [-0.1, -0.05) is 12.1 Å². The highest BCUT2D eigenvalue weighted by Gasteiger charge is 2.32. The Kier molecular flexibility index (Phi) is 4.04. The van der Waals surface area contributed by atoms with Crippen LogP contribution in [-0.4, -0.2) is 23.2 Å². The van der Waals surface area contributed by atoms with Gasteiger partial charge < -0.3 is 15.4 Å². The Morgan fingerprint density at radius 3 is 2.79 bits per heavy atom. The summed E-state index contributed by atoms with van der Waals surface area (Å²) in [6.07, 6.45) is 0.599. The van der Waals surface area contributed by atoms with Gasteiger partial charge in [0.05, 0.1) is 0 Å². The lowest BCUT2D eigenvalue weighted by atomic mass is 10.1. The van der Waals surface area contributed by atoms with E-state index in [-0.39, 0.29) is 18.1 Å². The smallest absolute Gasteiger partial charge is 0.329 e. The van der Waals surface area contributed by atoms with E-state index in [0.29, 0.717) is 11.5 Å². The Labute approximate surface area is 118 Å². The van der Waals surface area contributed by atoms with E-state index < -0.39 is 0 Å². The Balaban J connectivity index is 1.98. The molecule has 1 aromatic carbocycles. The van der Waals surface area contributed by atoms with E-state index in [2.05, 4.69) is 10.6 Å². The first kappa shape index (κ1) is 13.8. The fourth-order valence-electron chi connectivity index (χ4n) is 2.06. The average Bonchev–Trinajstić information content (AvgIpc) is 2.62. The van der Waals surface area contributed by atoms with Crippen LogP contribution in [0.5, 0.6) is 0 Å². The number of thiocarbonyl (C=S) groups is 1. The molecule has 2 atom stereocenters. The molecule has 0 aromatic heterocycles. The number of nitrogens with one attached hydrogen (secondary N) is 2. The molecule has 19 heavy (non-hydrogen) atoms. The number of carbonyl (C=O) groups excluding carboxylic acids is 1. The summed E-state index contributed by atoms with van der Waals surface area (Å²) in [5, 5.41) is 6.57. The highest BCUT2D eigenvalue weighted by molar-refractivity contribution is 7.80. The zero-order chi connectivity index (χ0) is 14.0. The highest BCUT2D eigenvalue weighted by atomic mass is 32.1. The molecule has 2 rings (SSSR count). The van der Waals surface area contributed by atoms with Crippen molar-refractivity contribution in [3.63, 3.8) is 0 Å². The van der Waals surface area contributed by atoms with Crippen LogP contribution in [0, 0.1) is 13.8 Å². The Morgan fingerprint density at radius 2 is 2.16 bits per heavy atom. The maximum Gasteiger partial charge on any atom is 0.329 e. The standard InChI is InChI=1S/C14H18N2O2S/c1-8-4-5-9(2)11(6-8)15-14(19)16-12-7-10(3)18-13(12)17/h4-6,10,12H,7H2,1-3H3,(H2,15,16,19)/t10-,12+/m0/s1. The fourth-order valence-corrected chi connectivity index (χ4v) is 2.31. The second-order valence-corrected chi connectivity index (χ2v) is 5.36. The van der Waals surface area contributed by atoms with Gasteiger partial charge in [-0.05, 0) is 50.2 Å². The van der Waals surface area contributed by atoms with Gasteiger partial charge in [-0.2, -0.15) is 0 Å². The molecule has 0 aliphatic carbocycles. The molecule has 1 heterocycles. The third kappa shape index (κ3) is 3.44. The second-order valence-electron chi connectivity index (χ2n) is 4.95. The number of ether oxygens (including phenoxy) is 1. The first-order valence-corrected chi connectivity index (χ1v) is 6.72. The Hall–Kier alpha value is -1.62. The topological polar surface area (TPSA) is 50.4 Å². The fraction of sp³-hybridized carbons (Fsp3) is 0.429. The van der Waals surface area contributed by atoms with Gasteiger partial charge in [0.1, 0.15) is 12.1 Å². The zero-order valence-electron chi connectivity index (χ0n) is 11.3. The molecular formula is C14H18N2O2S. The Bertz CT molecular complexity index is 516. The van der Waals surface area contributed by atoms with Gasteiger partial charge >= 0.3 is 5.97 Å². The van der Waals surface area contributed by atoms with E-state index >= 15 is 0 Å². The summed E-state index contributed by atoms with van der Waals surface area (Å²) in [7, 11) is 0. The van der Waals surface area contributed by atoms with Crippen molar-refractivity contribution in [2.45, 2.75) is 39.3 Å². The van der Waals surface area contributed by atoms with Crippen molar-refractivity contribution >= 4 is 29.0 Å². The summed E-state index contributed by atoms with van der Waals surface area (Å²) in [4.78, 5) is 11.5. The largest absolute Gasteiger partial charge is 0.461 e. The van der Waals surface area contributed by atoms with E-state index in [4.69, 9.17) is 17.0 Å². The second kappa shape index (κ2) is 5.57. The Morgan fingerprint density at radius 1 is 1.42 bits per heavy atom. The molecule has 1 fully saturated rings. The molecule has 1 saturated heterocycles. The maximum absolute atomic E-state index is 11.5. The van der Waals surface area contributed by atoms with E-state index in [1.807, 2.05) is 39.0 Å². The summed E-state index contributed by atoms with van der Waals surface area (Å²) < 4.78 is 5.08. The molecule has 4 nitrogen and oxygen atoms in total. The number of hydrogen-bond donors (Lipinski definition) is 2.